The minimum Gasteiger partial charge on any atom is -0.322 e. The summed E-state index contributed by atoms with van der Waals surface area (Å²) >= 11 is 0. The summed E-state index contributed by atoms with van der Waals surface area (Å²) in [5.41, 5.74) is 0. The first-order valence-corrected chi connectivity index (χ1v) is 8.74. The van der Waals surface area contributed by atoms with Crippen LogP contribution in [0.4, 0.5) is 0 Å². The third-order valence-corrected chi connectivity index (χ3v) is 11.2. The maximum atomic E-state index is 14.0. The second-order valence-corrected chi connectivity index (χ2v) is 12.0. The standard InChI is InChI=1S/C15H33OP/c1-10-13(4,5)17(16,14(6,7)11-2)15(8,9)12-3/h10-12H2,1-9H3. The Morgan fingerprint density at radius 2 is 0.824 bits per heavy atom. The van der Waals surface area contributed by atoms with Gasteiger partial charge in [-0.25, -0.2) is 0 Å². The largest absolute Gasteiger partial charge is 0.322 e. The molecule has 0 heterocycles. The van der Waals surface area contributed by atoms with E-state index in [-0.39, 0.29) is 15.5 Å². The van der Waals surface area contributed by atoms with Crippen LogP contribution in [0, 0.1) is 0 Å². The molecule has 0 spiro atoms. The van der Waals surface area contributed by atoms with Crippen molar-refractivity contribution in [1.29, 1.82) is 0 Å². The van der Waals surface area contributed by atoms with Gasteiger partial charge in [-0.1, -0.05) is 62.3 Å². The molecule has 0 radical (unpaired) electrons. The predicted octanol–water partition coefficient (Wildman–Crippen LogP) is 5.92. The molecule has 0 rings (SSSR count). The van der Waals surface area contributed by atoms with Crippen molar-refractivity contribution in [2.45, 2.75) is 97.0 Å². The minimum atomic E-state index is -2.33. The first-order valence-electron chi connectivity index (χ1n) is 7.04. The average molecular weight is 260 g/mol. The lowest BCUT2D eigenvalue weighted by molar-refractivity contribution is 0.445. The van der Waals surface area contributed by atoms with Crippen LogP contribution in [0.25, 0.3) is 0 Å². The third-order valence-electron chi connectivity index (χ3n) is 5.15. The second-order valence-electron chi connectivity index (χ2n) is 7.11. The molecule has 0 unspecified atom stereocenters. The Morgan fingerprint density at radius 1 is 0.647 bits per heavy atom. The lowest BCUT2D eigenvalue weighted by atomic mass is 10.1. The Balaban J connectivity index is 5.99. The average Bonchev–Trinajstić information content (AvgIpc) is 2.27. The molecule has 0 aromatic rings. The van der Waals surface area contributed by atoms with Crippen LogP contribution in [0.5, 0.6) is 0 Å². The van der Waals surface area contributed by atoms with E-state index in [1.54, 1.807) is 0 Å². The molecule has 0 atom stereocenters. The zero-order valence-corrected chi connectivity index (χ0v) is 14.4. The highest BCUT2D eigenvalue weighted by atomic mass is 31.2. The summed E-state index contributed by atoms with van der Waals surface area (Å²) in [5, 5.41) is -0.232. The monoisotopic (exact) mass is 260 g/mol. The molecule has 0 aliphatic carbocycles. The molecule has 2 heteroatoms. The summed E-state index contributed by atoms with van der Waals surface area (Å²) in [4.78, 5) is 0. The van der Waals surface area contributed by atoms with E-state index in [2.05, 4.69) is 62.3 Å². The summed E-state index contributed by atoms with van der Waals surface area (Å²) in [6.45, 7) is 19.7. The zero-order chi connectivity index (χ0) is 14.1. The van der Waals surface area contributed by atoms with Gasteiger partial charge in [-0.05, 0) is 19.3 Å². The van der Waals surface area contributed by atoms with Gasteiger partial charge in [0.05, 0.1) is 0 Å². The molecule has 104 valence electrons. The molecular weight excluding hydrogens is 227 g/mol. The van der Waals surface area contributed by atoms with Gasteiger partial charge in [-0.3, -0.25) is 0 Å². The van der Waals surface area contributed by atoms with E-state index in [1.807, 2.05) is 0 Å². The van der Waals surface area contributed by atoms with Crippen molar-refractivity contribution in [2.75, 3.05) is 0 Å². The first-order chi connectivity index (χ1) is 7.43. The molecule has 0 aliphatic heterocycles. The number of rotatable bonds is 6. The maximum absolute atomic E-state index is 14.0. The smallest absolute Gasteiger partial charge is 0.104 e. The zero-order valence-electron chi connectivity index (χ0n) is 13.5. The number of hydrogen-bond acceptors (Lipinski definition) is 1. The van der Waals surface area contributed by atoms with E-state index in [0.29, 0.717) is 0 Å². The Kier molecular flexibility index (Phi) is 5.15. The fraction of sp³-hybridized carbons (Fsp3) is 1.00. The summed E-state index contributed by atoms with van der Waals surface area (Å²) < 4.78 is 14.0. The quantitative estimate of drug-likeness (QED) is 0.542. The van der Waals surface area contributed by atoms with E-state index >= 15 is 0 Å². The van der Waals surface area contributed by atoms with Crippen molar-refractivity contribution in [1.82, 2.24) is 0 Å². The lowest BCUT2D eigenvalue weighted by Crippen LogP contribution is -2.42. The lowest BCUT2D eigenvalue weighted by Gasteiger charge is -2.52. The molecule has 0 saturated carbocycles. The van der Waals surface area contributed by atoms with Crippen molar-refractivity contribution in [3.05, 3.63) is 0 Å². The van der Waals surface area contributed by atoms with Crippen LogP contribution < -0.4 is 0 Å². The van der Waals surface area contributed by atoms with E-state index in [4.69, 9.17) is 0 Å². The van der Waals surface area contributed by atoms with Gasteiger partial charge < -0.3 is 4.57 Å². The van der Waals surface area contributed by atoms with Crippen LogP contribution >= 0.6 is 7.14 Å². The predicted molar refractivity (Wildman–Crippen MR) is 80.7 cm³/mol. The van der Waals surface area contributed by atoms with Crippen LogP contribution in [-0.2, 0) is 4.57 Å². The van der Waals surface area contributed by atoms with Crippen molar-refractivity contribution in [3.8, 4) is 0 Å². The van der Waals surface area contributed by atoms with Gasteiger partial charge in [0.1, 0.15) is 7.14 Å². The Morgan fingerprint density at radius 3 is 0.941 bits per heavy atom. The minimum absolute atomic E-state index is 0.0774. The van der Waals surface area contributed by atoms with Crippen LogP contribution in [-0.4, -0.2) is 15.5 Å². The Labute approximate surface area is 109 Å². The molecule has 0 aromatic carbocycles. The van der Waals surface area contributed by atoms with Crippen LogP contribution in [0.15, 0.2) is 0 Å². The van der Waals surface area contributed by atoms with E-state index in [0.717, 1.165) is 19.3 Å². The third kappa shape index (κ3) is 2.50. The van der Waals surface area contributed by atoms with Gasteiger partial charge in [0.15, 0.2) is 0 Å². The summed E-state index contributed by atoms with van der Waals surface area (Å²) in [6, 6.07) is 0. The molecule has 0 aromatic heterocycles. The highest BCUT2D eigenvalue weighted by Gasteiger charge is 2.56. The van der Waals surface area contributed by atoms with Crippen molar-refractivity contribution in [2.24, 2.45) is 0 Å². The van der Waals surface area contributed by atoms with Gasteiger partial charge in [-0.2, -0.15) is 0 Å². The first kappa shape index (κ1) is 17.2. The fourth-order valence-electron chi connectivity index (χ4n) is 3.13. The topological polar surface area (TPSA) is 17.1 Å². The van der Waals surface area contributed by atoms with Gasteiger partial charge >= 0.3 is 0 Å². The Hall–Kier alpha value is 0.230. The number of hydrogen-bond donors (Lipinski definition) is 0. The van der Waals surface area contributed by atoms with Gasteiger partial charge in [0, 0.05) is 15.5 Å². The molecular formula is C15H33OP. The summed E-state index contributed by atoms with van der Waals surface area (Å²) in [6.07, 6.45) is 2.95. The Bertz CT molecular complexity index is 252. The van der Waals surface area contributed by atoms with Crippen molar-refractivity contribution in [3.63, 3.8) is 0 Å². The highest BCUT2D eigenvalue weighted by Crippen LogP contribution is 2.76. The van der Waals surface area contributed by atoms with Gasteiger partial charge in [-0.15, -0.1) is 0 Å². The van der Waals surface area contributed by atoms with E-state index < -0.39 is 7.14 Å². The highest BCUT2D eigenvalue weighted by molar-refractivity contribution is 7.68. The fourth-order valence-corrected chi connectivity index (χ4v) is 9.38. The normalized spacial score (nSPS) is 15.1. The van der Waals surface area contributed by atoms with Gasteiger partial charge in [0.2, 0.25) is 0 Å². The molecule has 0 saturated heterocycles. The van der Waals surface area contributed by atoms with Crippen LogP contribution in [0.1, 0.15) is 81.6 Å². The van der Waals surface area contributed by atoms with Crippen LogP contribution in [0.2, 0.25) is 0 Å². The SMILES string of the molecule is CCC(C)(C)P(=O)(C(C)(C)CC)C(C)(C)CC. The summed E-state index contributed by atoms with van der Waals surface area (Å²) in [5.74, 6) is 0. The molecule has 0 fully saturated rings. The van der Waals surface area contributed by atoms with E-state index in [1.165, 1.54) is 0 Å². The molecule has 0 N–H and O–H groups in total. The molecule has 0 bridgehead atoms. The van der Waals surface area contributed by atoms with Gasteiger partial charge in [0.25, 0.3) is 0 Å². The van der Waals surface area contributed by atoms with Crippen molar-refractivity contribution >= 4 is 7.14 Å². The molecule has 0 amide bonds. The second kappa shape index (κ2) is 5.08. The molecule has 0 aliphatic rings. The van der Waals surface area contributed by atoms with Crippen LogP contribution in [0.3, 0.4) is 0 Å². The molecule has 1 nitrogen and oxygen atoms in total. The maximum Gasteiger partial charge on any atom is 0.104 e. The summed E-state index contributed by atoms with van der Waals surface area (Å²) in [7, 11) is -2.33. The van der Waals surface area contributed by atoms with E-state index in [9.17, 15) is 4.57 Å². The van der Waals surface area contributed by atoms with Crippen molar-refractivity contribution < 1.29 is 4.57 Å². The molecule has 17 heavy (non-hydrogen) atoms.